The number of hydrogen-bond donors (Lipinski definition) is 2. The van der Waals surface area contributed by atoms with Crippen molar-refractivity contribution in [2.75, 3.05) is 5.32 Å². The fourth-order valence-electron chi connectivity index (χ4n) is 1.72. The van der Waals surface area contributed by atoms with Gasteiger partial charge in [-0.05, 0) is 48.1 Å². The molecule has 118 valence electrons. The fraction of sp³-hybridized carbons (Fsp3) is 0. The number of anilines is 1. The molecular formula is C16H11Cl3N2OS. The van der Waals surface area contributed by atoms with Gasteiger partial charge < -0.3 is 5.32 Å². The third-order valence-corrected chi connectivity index (χ3v) is 3.66. The van der Waals surface area contributed by atoms with E-state index in [1.807, 2.05) is 12.1 Å². The Labute approximate surface area is 154 Å². The lowest BCUT2D eigenvalue weighted by molar-refractivity contribution is -0.115. The molecule has 0 spiro atoms. The number of benzene rings is 2. The molecule has 0 aliphatic heterocycles. The summed E-state index contributed by atoms with van der Waals surface area (Å²) < 4.78 is 0. The molecule has 2 rings (SSSR count). The van der Waals surface area contributed by atoms with E-state index in [0.717, 1.165) is 5.56 Å². The van der Waals surface area contributed by atoms with E-state index in [2.05, 4.69) is 10.6 Å². The molecule has 0 aliphatic rings. The highest BCUT2D eigenvalue weighted by atomic mass is 35.5. The SMILES string of the molecule is O=C(/C=C/c1ccccc1Cl)NC(=S)Nc1cc(Cl)cc(Cl)c1. The Morgan fingerprint density at radius 3 is 2.35 bits per heavy atom. The molecule has 2 aromatic carbocycles. The van der Waals surface area contributed by atoms with E-state index in [1.165, 1.54) is 6.08 Å². The summed E-state index contributed by atoms with van der Waals surface area (Å²) in [5.41, 5.74) is 1.33. The second-order valence-electron chi connectivity index (χ2n) is 4.46. The second-order valence-corrected chi connectivity index (χ2v) is 6.14. The average molecular weight is 386 g/mol. The van der Waals surface area contributed by atoms with Gasteiger partial charge in [0.2, 0.25) is 5.91 Å². The van der Waals surface area contributed by atoms with E-state index in [1.54, 1.807) is 36.4 Å². The second kappa shape index (κ2) is 8.31. The zero-order chi connectivity index (χ0) is 16.8. The number of nitrogens with one attached hydrogen (secondary N) is 2. The van der Waals surface area contributed by atoms with Crippen molar-refractivity contribution in [3.8, 4) is 0 Å². The van der Waals surface area contributed by atoms with Crippen molar-refractivity contribution >= 4 is 69.8 Å². The zero-order valence-corrected chi connectivity index (χ0v) is 14.7. The largest absolute Gasteiger partial charge is 0.332 e. The van der Waals surface area contributed by atoms with E-state index in [0.29, 0.717) is 20.8 Å². The Morgan fingerprint density at radius 1 is 1.04 bits per heavy atom. The van der Waals surface area contributed by atoms with Gasteiger partial charge in [0.15, 0.2) is 5.11 Å². The van der Waals surface area contributed by atoms with Crippen LogP contribution in [0.25, 0.3) is 6.08 Å². The number of amides is 1. The summed E-state index contributed by atoms with van der Waals surface area (Å²) in [6, 6.07) is 12.1. The van der Waals surface area contributed by atoms with Crippen molar-refractivity contribution in [2.45, 2.75) is 0 Å². The highest BCUT2D eigenvalue weighted by Gasteiger charge is 2.04. The van der Waals surface area contributed by atoms with Gasteiger partial charge in [-0.3, -0.25) is 10.1 Å². The van der Waals surface area contributed by atoms with Gasteiger partial charge in [-0.25, -0.2) is 0 Å². The van der Waals surface area contributed by atoms with Crippen LogP contribution in [0.4, 0.5) is 5.69 Å². The van der Waals surface area contributed by atoms with Crippen LogP contribution in [-0.2, 0) is 4.79 Å². The minimum Gasteiger partial charge on any atom is -0.332 e. The average Bonchev–Trinajstić information content (AvgIpc) is 2.45. The maximum absolute atomic E-state index is 11.8. The summed E-state index contributed by atoms with van der Waals surface area (Å²) in [7, 11) is 0. The predicted octanol–water partition coefficient (Wildman–Crippen LogP) is 5.17. The first-order valence-corrected chi connectivity index (χ1v) is 7.99. The number of rotatable bonds is 3. The molecular weight excluding hydrogens is 375 g/mol. The van der Waals surface area contributed by atoms with E-state index in [4.69, 9.17) is 47.0 Å². The smallest absolute Gasteiger partial charge is 0.250 e. The van der Waals surface area contributed by atoms with Gasteiger partial charge in [0, 0.05) is 26.8 Å². The van der Waals surface area contributed by atoms with Crippen LogP contribution in [0.2, 0.25) is 15.1 Å². The van der Waals surface area contributed by atoms with E-state index in [9.17, 15) is 4.79 Å². The Morgan fingerprint density at radius 2 is 1.70 bits per heavy atom. The minimum atomic E-state index is -0.379. The van der Waals surface area contributed by atoms with Gasteiger partial charge in [-0.1, -0.05) is 53.0 Å². The third-order valence-electron chi connectivity index (χ3n) is 2.68. The maximum Gasteiger partial charge on any atom is 0.250 e. The molecule has 0 fully saturated rings. The molecule has 0 saturated heterocycles. The number of hydrogen-bond acceptors (Lipinski definition) is 2. The van der Waals surface area contributed by atoms with Crippen LogP contribution in [0, 0.1) is 0 Å². The lowest BCUT2D eigenvalue weighted by Crippen LogP contribution is -2.32. The molecule has 2 N–H and O–H groups in total. The van der Waals surface area contributed by atoms with E-state index < -0.39 is 0 Å². The van der Waals surface area contributed by atoms with E-state index >= 15 is 0 Å². The number of halogens is 3. The van der Waals surface area contributed by atoms with Gasteiger partial charge in [0.05, 0.1) is 0 Å². The summed E-state index contributed by atoms with van der Waals surface area (Å²) in [6.07, 6.45) is 2.96. The van der Waals surface area contributed by atoms with Crippen LogP contribution < -0.4 is 10.6 Å². The lowest BCUT2D eigenvalue weighted by Gasteiger charge is -2.09. The Kier molecular flexibility index (Phi) is 6.42. The van der Waals surface area contributed by atoms with Gasteiger partial charge in [-0.15, -0.1) is 0 Å². The topological polar surface area (TPSA) is 41.1 Å². The summed E-state index contributed by atoms with van der Waals surface area (Å²) >= 11 is 22.9. The normalized spacial score (nSPS) is 10.6. The van der Waals surface area contributed by atoms with Crippen LogP contribution in [0.5, 0.6) is 0 Å². The van der Waals surface area contributed by atoms with Crippen molar-refractivity contribution in [2.24, 2.45) is 0 Å². The summed E-state index contributed by atoms with van der Waals surface area (Å²) in [4.78, 5) is 11.8. The summed E-state index contributed by atoms with van der Waals surface area (Å²) in [5, 5.41) is 6.99. The molecule has 1 amide bonds. The van der Waals surface area contributed by atoms with Crippen molar-refractivity contribution < 1.29 is 4.79 Å². The standard InChI is InChI=1S/C16H11Cl3N2OS/c17-11-7-12(18)9-13(8-11)20-16(23)21-15(22)6-5-10-3-1-2-4-14(10)19/h1-9H,(H2,20,21,22,23)/b6-5+. The van der Waals surface area contributed by atoms with Crippen LogP contribution in [-0.4, -0.2) is 11.0 Å². The van der Waals surface area contributed by atoms with Crippen LogP contribution >= 0.6 is 47.0 Å². The van der Waals surface area contributed by atoms with Crippen molar-refractivity contribution in [3.63, 3.8) is 0 Å². The molecule has 0 heterocycles. The molecule has 2 aromatic rings. The molecule has 3 nitrogen and oxygen atoms in total. The molecule has 0 aromatic heterocycles. The number of carbonyl (C=O) groups is 1. The highest BCUT2D eigenvalue weighted by molar-refractivity contribution is 7.80. The Balaban J connectivity index is 1.95. The number of carbonyl (C=O) groups excluding carboxylic acids is 1. The summed E-state index contributed by atoms with van der Waals surface area (Å²) in [5.74, 6) is -0.379. The van der Waals surface area contributed by atoms with Crippen molar-refractivity contribution in [1.29, 1.82) is 0 Å². The quantitative estimate of drug-likeness (QED) is 0.565. The van der Waals surface area contributed by atoms with Gasteiger partial charge in [0.1, 0.15) is 0 Å². The van der Waals surface area contributed by atoms with Crippen LogP contribution in [0.15, 0.2) is 48.5 Å². The fourth-order valence-corrected chi connectivity index (χ4v) is 2.66. The molecule has 0 radical (unpaired) electrons. The summed E-state index contributed by atoms with van der Waals surface area (Å²) in [6.45, 7) is 0. The Bertz CT molecular complexity index is 757. The van der Waals surface area contributed by atoms with E-state index in [-0.39, 0.29) is 11.0 Å². The first kappa shape index (κ1) is 17.8. The zero-order valence-electron chi connectivity index (χ0n) is 11.6. The molecule has 0 saturated carbocycles. The molecule has 7 heteroatoms. The van der Waals surface area contributed by atoms with Gasteiger partial charge in [0.25, 0.3) is 0 Å². The van der Waals surface area contributed by atoms with Crippen molar-refractivity contribution in [3.05, 3.63) is 69.2 Å². The maximum atomic E-state index is 11.8. The van der Waals surface area contributed by atoms with Gasteiger partial charge >= 0.3 is 0 Å². The predicted molar refractivity (Wildman–Crippen MR) is 101 cm³/mol. The lowest BCUT2D eigenvalue weighted by atomic mass is 10.2. The molecule has 0 unspecified atom stereocenters. The molecule has 0 atom stereocenters. The molecule has 23 heavy (non-hydrogen) atoms. The molecule has 0 aliphatic carbocycles. The van der Waals surface area contributed by atoms with Crippen LogP contribution in [0.3, 0.4) is 0 Å². The third kappa shape index (κ3) is 5.84. The number of thiocarbonyl (C=S) groups is 1. The highest BCUT2D eigenvalue weighted by Crippen LogP contribution is 2.22. The monoisotopic (exact) mass is 384 g/mol. The van der Waals surface area contributed by atoms with Gasteiger partial charge in [-0.2, -0.15) is 0 Å². The first-order chi connectivity index (χ1) is 10.9. The molecule has 0 bridgehead atoms. The Hall–Kier alpha value is -1.59. The van der Waals surface area contributed by atoms with Crippen molar-refractivity contribution in [1.82, 2.24) is 5.32 Å². The first-order valence-electron chi connectivity index (χ1n) is 6.45. The van der Waals surface area contributed by atoms with Crippen LogP contribution in [0.1, 0.15) is 5.56 Å². The minimum absolute atomic E-state index is 0.136.